The molecule has 0 aliphatic heterocycles. The summed E-state index contributed by atoms with van der Waals surface area (Å²) in [5, 5.41) is 0. The molecule has 0 aromatic heterocycles. The summed E-state index contributed by atoms with van der Waals surface area (Å²) in [6.07, 6.45) is 1.28. The Bertz CT molecular complexity index is 48.2. The van der Waals surface area contributed by atoms with Gasteiger partial charge in [0.25, 0.3) is 0 Å². The lowest BCUT2D eigenvalue weighted by Crippen LogP contribution is -1.97. The Hall–Kier alpha value is 0.877. The smallest absolute Gasteiger partial charge is 0.161 e. The van der Waals surface area contributed by atoms with Gasteiger partial charge in [-0.1, -0.05) is 10.8 Å². The van der Waals surface area contributed by atoms with Crippen LogP contribution in [0.2, 0.25) is 6.04 Å². The highest BCUT2D eigenvalue weighted by Crippen LogP contribution is 2.07. The van der Waals surface area contributed by atoms with Crippen molar-refractivity contribution in [2.75, 3.05) is 12.4 Å². The maximum absolute atomic E-state index is 5.28. The highest BCUT2D eigenvalue weighted by Gasteiger charge is 1.87. The lowest BCUT2D eigenvalue weighted by Gasteiger charge is -1.97. The molecule has 0 aromatic rings. The molecule has 0 N–H and O–H groups in total. The fourth-order valence-electron chi connectivity index (χ4n) is 0.515. The Morgan fingerprint density at radius 3 is 3.00 bits per heavy atom. The van der Waals surface area contributed by atoms with E-state index in [4.69, 9.17) is 4.43 Å². The molecular weight excluding hydrogens is 168 g/mol. The minimum absolute atomic E-state index is 0.156. The summed E-state index contributed by atoms with van der Waals surface area (Å²) in [6, 6.07) is 1.31. The summed E-state index contributed by atoms with van der Waals surface area (Å²) >= 11 is 4.04. The van der Waals surface area contributed by atoms with Gasteiger partial charge in [0.2, 0.25) is 0 Å². The number of hydrogen-bond donors (Lipinski definition) is 1. The highest BCUT2D eigenvalue weighted by atomic mass is 33.1. The molecule has 1 nitrogen and oxygen atoms in total. The van der Waals surface area contributed by atoms with Gasteiger partial charge in [-0.25, -0.2) is 0 Å². The fraction of sp³-hybridized carbons (Fsp3) is 1.00. The molecule has 0 amide bonds. The first-order valence-electron chi connectivity index (χ1n) is 3.26. The molecule has 0 unspecified atom stereocenters. The van der Waals surface area contributed by atoms with Gasteiger partial charge in [0.05, 0.1) is 0 Å². The molecule has 4 heteroatoms. The Balaban J connectivity index is 2.60. The van der Waals surface area contributed by atoms with E-state index in [-0.39, 0.29) is 9.76 Å². The number of hydrogen-bond acceptors (Lipinski definition) is 3. The SMILES string of the molecule is CCO[SiH2]CCCSS. The molecule has 0 bridgehead atoms. The molecule has 0 saturated carbocycles. The molecular formula is C5H14OS2Si. The van der Waals surface area contributed by atoms with Crippen LogP contribution in [0.25, 0.3) is 0 Å². The van der Waals surface area contributed by atoms with Crippen LogP contribution in [0, 0.1) is 0 Å². The van der Waals surface area contributed by atoms with Crippen molar-refractivity contribution in [3.05, 3.63) is 0 Å². The summed E-state index contributed by atoms with van der Waals surface area (Å²) in [5.41, 5.74) is 0. The normalized spacial score (nSPS) is 11.3. The predicted octanol–water partition coefficient (Wildman–Crippen LogP) is 1.49. The second-order valence-corrected chi connectivity index (χ2v) is 4.70. The summed E-state index contributed by atoms with van der Waals surface area (Å²) in [6.45, 7) is 2.96. The predicted molar refractivity (Wildman–Crippen MR) is 51.0 cm³/mol. The van der Waals surface area contributed by atoms with E-state index in [1.807, 2.05) is 0 Å². The van der Waals surface area contributed by atoms with Gasteiger partial charge in [0, 0.05) is 12.4 Å². The molecule has 0 radical (unpaired) electrons. The average molecular weight is 182 g/mol. The van der Waals surface area contributed by atoms with Gasteiger partial charge in [-0.05, 0) is 19.4 Å². The van der Waals surface area contributed by atoms with E-state index in [2.05, 4.69) is 18.6 Å². The Kier molecular flexibility index (Phi) is 9.74. The van der Waals surface area contributed by atoms with Crippen LogP contribution in [0.4, 0.5) is 0 Å². The van der Waals surface area contributed by atoms with Crippen molar-refractivity contribution in [2.45, 2.75) is 19.4 Å². The Morgan fingerprint density at radius 1 is 1.67 bits per heavy atom. The van der Waals surface area contributed by atoms with Crippen LogP contribution in [-0.2, 0) is 4.43 Å². The van der Waals surface area contributed by atoms with Crippen molar-refractivity contribution in [3.63, 3.8) is 0 Å². The monoisotopic (exact) mass is 182 g/mol. The standard InChI is InChI=1S/C5H14OS2Si/c1-2-6-9-5-3-4-8-7/h7H,2-5,9H2,1H3. The van der Waals surface area contributed by atoms with E-state index in [1.165, 1.54) is 18.2 Å². The van der Waals surface area contributed by atoms with Gasteiger partial charge >= 0.3 is 0 Å². The molecule has 0 fully saturated rings. The molecule has 9 heavy (non-hydrogen) atoms. The van der Waals surface area contributed by atoms with Crippen molar-refractivity contribution < 1.29 is 4.43 Å². The van der Waals surface area contributed by atoms with E-state index in [0.717, 1.165) is 6.61 Å². The fourth-order valence-corrected chi connectivity index (χ4v) is 2.54. The first-order valence-corrected chi connectivity index (χ1v) is 6.87. The van der Waals surface area contributed by atoms with E-state index >= 15 is 0 Å². The minimum Gasteiger partial charge on any atom is -0.424 e. The average Bonchev–Trinajstić information content (AvgIpc) is 1.89. The Labute approximate surface area is 68.7 Å². The highest BCUT2D eigenvalue weighted by molar-refractivity contribution is 8.68. The second kappa shape index (κ2) is 8.88. The number of thiol groups is 1. The van der Waals surface area contributed by atoms with Crippen LogP contribution in [-0.4, -0.2) is 22.1 Å². The molecule has 56 valence electrons. The third-order valence-electron chi connectivity index (χ3n) is 0.978. The topological polar surface area (TPSA) is 9.23 Å². The van der Waals surface area contributed by atoms with Crippen molar-refractivity contribution in [2.24, 2.45) is 0 Å². The number of rotatable bonds is 6. The van der Waals surface area contributed by atoms with Crippen molar-refractivity contribution >= 4 is 32.2 Å². The van der Waals surface area contributed by atoms with Gasteiger partial charge in [0.15, 0.2) is 9.76 Å². The molecule has 0 atom stereocenters. The molecule has 0 heterocycles. The first-order chi connectivity index (χ1) is 4.41. The molecule has 0 aliphatic carbocycles. The molecule has 0 spiro atoms. The lowest BCUT2D eigenvalue weighted by atomic mass is 10.6. The first kappa shape index (κ1) is 9.88. The summed E-state index contributed by atoms with van der Waals surface area (Å²) < 4.78 is 5.28. The lowest BCUT2D eigenvalue weighted by molar-refractivity contribution is 0.359. The van der Waals surface area contributed by atoms with Gasteiger partial charge in [-0.2, -0.15) is 0 Å². The summed E-state index contributed by atoms with van der Waals surface area (Å²) in [5.74, 6) is 1.17. The van der Waals surface area contributed by atoms with E-state index in [1.54, 1.807) is 10.8 Å². The maximum Gasteiger partial charge on any atom is 0.161 e. The summed E-state index contributed by atoms with van der Waals surface area (Å²) in [4.78, 5) is 0. The van der Waals surface area contributed by atoms with Gasteiger partial charge < -0.3 is 4.43 Å². The zero-order valence-electron chi connectivity index (χ0n) is 5.80. The van der Waals surface area contributed by atoms with E-state index in [0.29, 0.717) is 0 Å². The van der Waals surface area contributed by atoms with E-state index < -0.39 is 0 Å². The molecule has 0 rings (SSSR count). The zero-order chi connectivity index (χ0) is 6.95. The Morgan fingerprint density at radius 2 is 2.44 bits per heavy atom. The van der Waals surface area contributed by atoms with E-state index in [9.17, 15) is 0 Å². The van der Waals surface area contributed by atoms with Crippen LogP contribution >= 0.6 is 22.5 Å². The third kappa shape index (κ3) is 8.88. The van der Waals surface area contributed by atoms with Crippen molar-refractivity contribution in [1.82, 2.24) is 0 Å². The quantitative estimate of drug-likeness (QED) is 0.288. The minimum atomic E-state index is -0.156. The third-order valence-corrected chi connectivity index (χ3v) is 3.48. The van der Waals surface area contributed by atoms with Crippen molar-refractivity contribution in [1.29, 1.82) is 0 Å². The van der Waals surface area contributed by atoms with Crippen molar-refractivity contribution in [3.8, 4) is 0 Å². The van der Waals surface area contributed by atoms with Gasteiger partial charge in [-0.15, -0.1) is 11.7 Å². The molecule has 0 aromatic carbocycles. The second-order valence-electron chi connectivity index (χ2n) is 1.74. The molecule has 0 saturated heterocycles. The molecule has 0 aliphatic rings. The van der Waals surface area contributed by atoms with Crippen LogP contribution in [0.5, 0.6) is 0 Å². The van der Waals surface area contributed by atoms with Crippen LogP contribution in [0.15, 0.2) is 0 Å². The summed E-state index contributed by atoms with van der Waals surface area (Å²) in [7, 11) is 1.46. The van der Waals surface area contributed by atoms with Crippen LogP contribution < -0.4 is 0 Å². The van der Waals surface area contributed by atoms with Gasteiger partial charge in [0.1, 0.15) is 0 Å². The maximum atomic E-state index is 5.28. The van der Waals surface area contributed by atoms with Gasteiger partial charge in [-0.3, -0.25) is 0 Å². The zero-order valence-corrected chi connectivity index (χ0v) is 8.92. The largest absolute Gasteiger partial charge is 0.424 e. The van der Waals surface area contributed by atoms with Crippen LogP contribution in [0.1, 0.15) is 13.3 Å². The van der Waals surface area contributed by atoms with Crippen LogP contribution in [0.3, 0.4) is 0 Å².